The minimum atomic E-state index is -0.895. The number of hydrogen-bond acceptors (Lipinski definition) is 3. The molecule has 0 aliphatic heterocycles. The van der Waals surface area contributed by atoms with Crippen molar-refractivity contribution in [2.24, 2.45) is 11.7 Å². The van der Waals surface area contributed by atoms with Gasteiger partial charge in [-0.3, -0.25) is 14.6 Å². The second kappa shape index (κ2) is 6.73. The average molecular weight is 301 g/mol. The van der Waals surface area contributed by atoms with E-state index in [-0.39, 0.29) is 12.0 Å². The van der Waals surface area contributed by atoms with Gasteiger partial charge < -0.3 is 10.6 Å². The monoisotopic (exact) mass is 301 g/mol. The minimum absolute atomic E-state index is 0.135. The Morgan fingerprint density at radius 2 is 2.05 bits per heavy atom. The molecule has 0 spiro atoms. The maximum atomic E-state index is 12.1. The number of fused-ring (bicyclic) bond motifs is 1. The van der Waals surface area contributed by atoms with Gasteiger partial charge in [0.2, 0.25) is 0 Å². The number of primary amides is 1. The number of carbonyl (C=O) groups excluding carboxylic acids is 2. The van der Waals surface area contributed by atoms with E-state index in [2.05, 4.69) is 11.1 Å². The molecule has 0 aromatic carbocycles. The van der Waals surface area contributed by atoms with Gasteiger partial charge in [0.05, 0.1) is 6.04 Å². The van der Waals surface area contributed by atoms with Crippen LogP contribution in [0.2, 0.25) is 0 Å². The van der Waals surface area contributed by atoms with E-state index in [9.17, 15) is 9.59 Å². The summed E-state index contributed by atoms with van der Waals surface area (Å²) in [5.41, 5.74) is 8.70. The zero-order valence-corrected chi connectivity index (χ0v) is 13.4. The molecule has 1 heterocycles. The Morgan fingerprint density at radius 3 is 2.68 bits per heavy atom. The highest BCUT2D eigenvalue weighted by molar-refractivity contribution is 6.34. The summed E-state index contributed by atoms with van der Waals surface area (Å²) in [4.78, 5) is 29.2. The number of nitrogens with two attached hydrogens (primary N) is 1. The molecule has 1 aromatic heterocycles. The van der Waals surface area contributed by atoms with Gasteiger partial charge >= 0.3 is 11.8 Å². The molecule has 1 atom stereocenters. The highest BCUT2D eigenvalue weighted by atomic mass is 16.2. The molecule has 22 heavy (non-hydrogen) atoms. The normalized spacial score (nSPS) is 15.0. The lowest BCUT2D eigenvalue weighted by atomic mass is 9.89. The van der Waals surface area contributed by atoms with Crippen molar-refractivity contribution in [1.82, 2.24) is 9.88 Å². The van der Waals surface area contributed by atoms with E-state index >= 15 is 0 Å². The van der Waals surface area contributed by atoms with Crippen molar-refractivity contribution in [3.63, 3.8) is 0 Å². The van der Waals surface area contributed by atoms with E-state index in [0.29, 0.717) is 6.54 Å². The Balaban J connectivity index is 2.27. The van der Waals surface area contributed by atoms with Crippen LogP contribution >= 0.6 is 0 Å². The van der Waals surface area contributed by atoms with E-state index < -0.39 is 11.8 Å². The molecule has 0 fully saturated rings. The molecule has 5 nitrogen and oxygen atoms in total. The summed E-state index contributed by atoms with van der Waals surface area (Å²) in [5, 5.41) is 0. The van der Waals surface area contributed by atoms with Crippen LogP contribution in [0.5, 0.6) is 0 Å². The SMILES string of the molecule is CC(C)CN(C(=O)C(N)=O)[C@H](C)C1=Cc2ccncc2CC1. The molecule has 0 radical (unpaired) electrons. The molecule has 1 aromatic rings. The smallest absolute Gasteiger partial charge is 0.312 e. The number of carbonyl (C=O) groups is 2. The Kier molecular flexibility index (Phi) is 4.96. The number of rotatable bonds is 4. The zero-order valence-electron chi connectivity index (χ0n) is 13.4. The predicted octanol–water partition coefficient (Wildman–Crippen LogP) is 1.77. The van der Waals surface area contributed by atoms with E-state index in [1.165, 1.54) is 5.56 Å². The molecular weight excluding hydrogens is 278 g/mol. The van der Waals surface area contributed by atoms with Crippen molar-refractivity contribution in [3.8, 4) is 0 Å². The van der Waals surface area contributed by atoms with Crippen LogP contribution in [0.15, 0.2) is 24.0 Å². The highest BCUT2D eigenvalue weighted by Gasteiger charge is 2.28. The van der Waals surface area contributed by atoms with Crippen LogP contribution in [-0.4, -0.2) is 34.3 Å². The summed E-state index contributed by atoms with van der Waals surface area (Å²) in [7, 11) is 0. The zero-order chi connectivity index (χ0) is 16.3. The third kappa shape index (κ3) is 3.53. The number of aryl methyl sites for hydroxylation is 1. The lowest BCUT2D eigenvalue weighted by molar-refractivity contribution is -0.145. The Hall–Kier alpha value is -2.17. The van der Waals surface area contributed by atoms with Gasteiger partial charge in [0, 0.05) is 18.9 Å². The standard InChI is InChI=1S/C17H23N3O2/c1-11(2)10-20(17(22)16(18)21)12(3)13-4-5-15-9-19-7-6-14(15)8-13/h6-9,11-12H,4-5,10H2,1-3H3,(H2,18,21)/t12-/m1/s1. The molecule has 1 aliphatic rings. The first kappa shape index (κ1) is 16.2. The molecule has 0 saturated carbocycles. The number of amides is 2. The lowest BCUT2D eigenvalue weighted by Crippen LogP contribution is -2.47. The molecule has 0 unspecified atom stereocenters. The van der Waals surface area contributed by atoms with Gasteiger partial charge in [-0.1, -0.05) is 19.9 Å². The molecule has 2 amide bonds. The van der Waals surface area contributed by atoms with Gasteiger partial charge in [0.15, 0.2) is 0 Å². The fourth-order valence-electron chi connectivity index (χ4n) is 2.82. The van der Waals surface area contributed by atoms with E-state index in [4.69, 9.17) is 5.73 Å². The number of nitrogens with zero attached hydrogens (tertiary/aromatic N) is 2. The quantitative estimate of drug-likeness (QED) is 0.861. The summed E-state index contributed by atoms with van der Waals surface area (Å²) in [6.45, 7) is 6.51. The van der Waals surface area contributed by atoms with Gasteiger partial charge in [-0.15, -0.1) is 0 Å². The maximum absolute atomic E-state index is 12.1. The second-order valence-electron chi connectivity index (χ2n) is 6.19. The number of pyridine rings is 1. The fraction of sp³-hybridized carbons (Fsp3) is 0.471. The van der Waals surface area contributed by atoms with E-state index in [0.717, 1.165) is 24.0 Å². The predicted molar refractivity (Wildman–Crippen MR) is 85.7 cm³/mol. The van der Waals surface area contributed by atoms with Crippen molar-refractivity contribution in [1.29, 1.82) is 0 Å². The molecule has 2 N–H and O–H groups in total. The van der Waals surface area contributed by atoms with Crippen molar-refractivity contribution in [2.75, 3.05) is 6.54 Å². The lowest BCUT2D eigenvalue weighted by Gasteiger charge is -2.33. The first-order valence-electron chi connectivity index (χ1n) is 7.64. The van der Waals surface area contributed by atoms with E-state index in [1.807, 2.05) is 33.0 Å². The van der Waals surface area contributed by atoms with Gasteiger partial charge in [-0.2, -0.15) is 0 Å². The summed E-state index contributed by atoms with van der Waals surface area (Å²) in [6.07, 6.45) is 7.52. The third-order valence-electron chi connectivity index (χ3n) is 4.00. The summed E-state index contributed by atoms with van der Waals surface area (Å²) in [6, 6.07) is 1.84. The van der Waals surface area contributed by atoms with Crippen LogP contribution in [0, 0.1) is 5.92 Å². The first-order chi connectivity index (χ1) is 10.4. The van der Waals surface area contributed by atoms with Crippen molar-refractivity contribution >= 4 is 17.9 Å². The molecular formula is C17H23N3O2. The van der Waals surface area contributed by atoms with Crippen molar-refractivity contribution in [2.45, 2.75) is 39.7 Å². The van der Waals surface area contributed by atoms with Crippen LogP contribution in [0.25, 0.3) is 6.08 Å². The van der Waals surface area contributed by atoms with Crippen LogP contribution in [0.4, 0.5) is 0 Å². The fourth-order valence-corrected chi connectivity index (χ4v) is 2.82. The van der Waals surface area contributed by atoms with Crippen molar-refractivity contribution in [3.05, 3.63) is 35.2 Å². The molecule has 118 valence electrons. The average Bonchev–Trinajstić information content (AvgIpc) is 2.50. The van der Waals surface area contributed by atoms with Crippen LogP contribution in [0.3, 0.4) is 0 Å². The number of aromatic nitrogens is 1. The van der Waals surface area contributed by atoms with Crippen LogP contribution < -0.4 is 5.73 Å². The Labute approximate surface area is 131 Å². The van der Waals surface area contributed by atoms with Crippen LogP contribution in [-0.2, 0) is 16.0 Å². The van der Waals surface area contributed by atoms with Gasteiger partial charge in [0.25, 0.3) is 0 Å². The summed E-state index contributed by atoms with van der Waals surface area (Å²) in [5.74, 6) is -1.23. The molecule has 1 aliphatic carbocycles. The number of hydrogen-bond donors (Lipinski definition) is 1. The highest BCUT2D eigenvalue weighted by Crippen LogP contribution is 2.27. The third-order valence-corrected chi connectivity index (χ3v) is 4.00. The molecule has 2 rings (SSSR count). The maximum Gasteiger partial charge on any atom is 0.312 e. The largest absolute Gasteiger partial charge is 0.361 e. The van der Waals surface area contributed by atoms with Gasteiger partial charge in [-0.25, -0.2) is 0 Å². The van der Waals surface area contributed by atoms with Gasteiger partial charge in [0.1, 0.15) is 0 Å². The molecule has 0 bridgehead atoms. The minimum Gasteiger partial charge on any atom is -0.361 e. The van der Waals surface area contributed by atoms with Crippen molar-refractivity contribution < 1.29 is 9.59 Å². The second-order valence-corrected chi connectivity index (χ2v) is 6.19. The summed E-state index contributed by atoms with van der Waals surface area (Å²) >= 11 is 0. The van der Waals surface area contributed by atoms with E-state index in [1.54, 1.807) is 11.1 Å². The van der Waals surface area contributed by atoms with Gasteiger partial charge in [-0.05, 0) is 48.4 Å². The summed E-state index contributed by atoms with van der Waals surface area (Å²) < 4.78 is 0. The topological polar surface area (TPSA) is 76.3 Å². The Bertz CT molecular complexity index is 608. The molecule has 5 heteroatoms. The van der Waals surface area contributed by atoms with Crippen LogP contribution in [0.1, 0.15) is 38.3 Å². The Morgan fingerprint density at radius 1 is 1.32 bits per heavy atom. The first-order valence-corrected chi connectivity index (χ1v) is 7.64. The molecule has 0 saturated heterocycles.